The number of esters is 1. The van der Waals surface area contributed by atoms with Gasteiger partial charge in [0.05, 0.1) is 25.6 Å². The van der Waals surface area contributed by atoms with Crippen molar-refractivity contribution in [2.75, 3.05) is 38.2 Å². The van der Waals surface area contributed by atoms with E-state index in [2.05, 4.69) is 5.32 Å². The second kappa shape index (κ2) is 9.55. The highest BCUT2D eigenvalue weighted by Crippen LogP contribution is 2.28. The summed E-state index contributed by atoms with van der Waals surface area (Å²) >= 11 is 0. The SMILES string of the molecule is COC(=O)CC(NC(=O)OC(C)(C)C)c1ccc(N2CC3CN(C(=O)O)CCN3C2=O)cc1. The lowest BCUT2D eigenvalue weighted by atomic mass is 10.0. The van der Waals surface area contributed by atoms with E-state index >= 15 is 0 Å². The average molecular weight is 463 g/mol. The summed E-state index contributed by atoms with van der Waals surface area (Å²) in [5, 5.41) is 11.9. The average Bonchev–Trinajstić information content (AvgIpc) is 3.07. The summed E-state index contributed by atoms with van der Waals surface area (Å²) < 4.78 is 10.0. The van der Waals surface area contributed by atoms with Crippen LogP contribution in [0.25, 0.3) is 0 Å². The van der Waals surface area contributed by atoms with Crippen LogP contribution in [-0.4, -0.2) is 84.0 Å². The number of piperazine rings is 1. The van der Waals surface area contributed by atoms with Crippen LogP contribution in [0.3, 0.4) is 0 Å². The Morgan fingerprint density at radius 3 is 2.39 bits per heavy atom. The van der Waals surface area contributed by atoms with E-state index in [0.29, 0.717) is 24.3 Å². The molecule has 2 aliphatic heterocycles. The molecule has 2 atom stereocenters. The molecule has 2 aliphatic rings. The van der Waals surface area contributed by atoms with Crippen LogP contribution >= 0.6 is 0 Å². The number of carbonyl (C=O) groups is 4. The van der Waals surface area contributed by atoms with Crippen molar-refractivity contribution < 1.29 is 33.8 Å². The van der Waals surface area contributed by atoms with Crippen LogP contribution in [0.15, 0.2) is 24.3 Å². The van der Waals surface area contributed by atoms with Gasteiger partial charge in [0, 0.05) is 31.9 Å². The fourth-order valence-electron chi connectivity index (χ4n) is 3.94. The fraction of sp³-hybridized carbons (Fsp3) is 0.545. The standard InChI is InChI=1S/C22H30N4O7/c1-22(2,3)33-19(28)23-17(11-18(27)32-4)14-5-7-15(8-6-14)26-13-16-12-24(21(30)31)9-10-25(16)20(26)29/h5-8,16-17H,9-13H2,1-4H3,(H,23,28)(H,30,31). The molecule has 2 fully saturated rings. The summed E-state index contributed by atoms with van der Waals surface area (Å²) in [6.07, 6.45) is -1.73. The fourth-order valence-corrected chi connectivity index (χ4v) is 3.94. The lowest BCUT2D eigenvalue weighted by molar-refractivity contribution is -0.141. The number of carbonyl (C=O) groups excluding carboxylic acids is 3. The van der Waals surface area contributed by atoms with Gasteiger partial charge in [0.15, 0.2) is 0 Å². The molecule has 11 heteroatoms. The van der Waals surface area contributed by atoms with Gasteiger partial charge in [-0.2, -0.15) is 0 Å². The van der Waals surface area contributed by atoms with Crippen molar-refractivity contribution >= 4 is 29.9 Å². The quantitative estimate of drug-likeness (QED) is 0.643. The van der Waals surface area contributed by atoms with Crippen LogP contribution in [0.4, 0.5) is 20.1 Å². The first-order valence-corrected chi connectivity index (χ1v) is 10.7. The number of alkyl carbamates (subject to hydrolysis) is 1. The van der Waals surface area contributed by atoms with E-state index in [9.17, 15) is 24.3 Å². The van der Waals surface area contributed by atoms with Crippen molar-refractivity contribution in [1.82, 2.24) is 15.1 Å². The number of fused-ring (bicyclic) bond motifs is 1. The maximum Gasteiger partial charge on any atom is 0.408 e. The van der Waals surface area contributed by atoms with E-state index in [1.54, 1.807) is 54.8 Å². The minimum absolute atomic E-state index is 0.0847. The summed E-state index contributed by atoms with van der Waals surface area (Å²) in [7, 11) is 1.27. The second-order valence-electron chi connectivity index (χ2n) is 9.04. The van der Waals surface area contributed by atoms with Gasteiger partial charge >= 0.3 is 24.2 Å². The molecule has 0 aromatic heterocycles. The van der Waals surface area contributed by atoms with Crippen molar-refractivity contribution in [3.05, 3.63) is 29.8 Å². The zero-order valence-corrected chi connectivity index (χ0v) is 19.2. The molecule has 2 heterocycles. The predicted octanol–water partition coefficient (Wildman–Crippen LogP) is 2.42. The Balaban J connectivity index is 1.73. The molecule has 2 N–H and O–H groups in total. The smallest absolute Gasteiger partial charge is 0.408 e. The van der Waals surface area contributed by atoms with E-state index in [1.807, 2.05) is 0 Å². The number of carboxylic acid groups (broad SMARTS) is 1. The zero-order valence-electron chi connectivity index (χ0n) is 19.2. The molecular formula is C22H30N4O7. The van der Waals surface area contributed by atoms with E-state index in [0.717, 1.165) is 0 Å². The van der Waals surface area contributed by atoms with Gasteiger partial charge in [0.25, 0.3) is 0 Å². The zero-order chi connectivity index (χ0) is 24.3. The molecule has 0 aliphatic carbocycles. The number of anilines is 1. The van der Waals surface area contributed by atoms with Gasteiger partial charge in [0.1, 0.15) is 5.60 Å². The van der Waals surface area contributed by atoms with Crippen LogP contribution in [0, 0.1) is 0 Å². The highest BCUT2D eigenvalue weighted by Gasteiger charge is 2.42. The number of hydrogen-bond acceptors (Lipinski definition) is 6. The van der Waals surface area contributed by atoms with Crippen LogP contribution in [0.2, 0.25) is 0 Å². The summed E-state index contributed by atoms with van der Waals surface area (Å²) in [6.45, 7) is 6.52. The Labute approximate surface area is 192 Å². The molecule has 0 bridgehead atoms. The minimum Gasteiger partial charge on any atom is -0.469 e. The van der Waals surface area contributed by atoms with E-state index in [4.69, 9.17) is 9.47 Å². The Kier molecular flexibility index (Phi) is 6.99. The van der Waals surface area contributed by atoms with Crippen LogP contribution < -0.4 is 10.2 Å². The third kappa shape index (κ3) is 5.85. The minimum atomic E-state index is -0.987. The number of methoxy groups -OCH3 is 1. The normalized spacial score (nSPS) is 19.1. The summed E-state index contributed by atoms with van der Waals surface area (Å²) in [4.78, 5) is 52.9. The Hall–Kier alpha value is -3.50. The van der Waals surface area contributed by atoms with E-state index in [-0.39, 0.29) is 31.6 Å². The molecule has 1 aromatic rings. The van der Waals surface area contributed by atoms with Gasteiger partial charge in [-0.25, -0.2) is 14.4 Å². The van der Waals surface area contributed by atoms with Gasteiger partial charge in [-0.1, -0.05) is 12.1 Å². The van der Waals surface area contributed by atoms with Gasteiger partial charge in [-0.3, -0.25) is 9.69 Å². The third-order valence-electron chi connectivity index (χ3n) is 5.52. The highest BCUT2D eigenvalue weighted by molar-refractivity contribution is 5.95. The molecule has 4 amide bonds. The van der Waals surface area contributed by atoms with Crippen molar-refractivity contribution in [2.45, 2.75) is 44.9 Å². The highest BCUT2D eigenvalue weighted by atomic mass is 16.6. The van der Waals surface area contributed by atoms with Crippen LogP contribution in [0.5, 0.6) is 0 Å². The van der Waals surface area contributed by atoms with Crippen molar-refractivity contribution in [2.24, 2.45) is 0 Å². The molecular weight excluding hydrogens is 432 g/mol. The van der Waals surface area contributed by atoms with Gasteiger partial charge < -0.3 is 29.7 Å². The Morgan fingerprint density at radius 1 is 1.15 bits per heavy atom. The molecule has 2 unspecified atom stereocenters. The molecule has 0 radical (unpaired) electrons. The number of urea groups is 1. The topological polar surface area (TPSA) is 129 Å². The molecule has 33 heavy (non-hydrogen) atoms. The Morgan fingerprint density at radius 2 is 1.82 bits per heavy atom. The molecule has 11 nitrogen and oxygen atoms in total. The number of amides is 4. The number of benzene rings is 1. The maximum atomic E-state index is 12.8. The van der Waals surface area contributed by atoms with E-state index in [1.165, 1.54) is 12.0 Å². The Bertz CT molecular complexity index is 912. The maximum absolute atomic E-state index is 12.8. The summed E-state index contributed by atoms with van der Waals surface area (Å²) in [5.74, 6) is -0.491. The number of hydrogen-bond donors (Lipinski definition) is 2. The number of nitrogens with zero attached hydrogens (tertiary/aromatic N) is 3. The lowest BCUT2D eigenvalue weighted by Gasteiger charge is -2.34. The van der Waals surface area contributed by atoms with Gasteiger partial charge in [-0.15, -0.1) is 0 Å². The van der Waals surface area contributed by atoms with Crippen molar-refractivity contribution in [3.8, 4) is 0 Å². The number of rotatable bonds is 5. The molecule has 0 saturated carbocycles. The molecule has 0 spiro atoms. The van der Waals surface area contributed by atoms with Crippen LogP contribution in [0.1, 0.15) is 38.8 Å². The molecule has 180 valence electrons. The summed E-state index contributed by atoms with van der Waals surface area (Å²) in [5.41, 5.74) is 0.605. The largest absolute Gasteiger partial charge is 0.469 e. The predicted molar refractivity (Wildman–Crippen MR) is 118 cm³/mol. The molecule has 3 rings (SSSR count). The number of nitrogens with one attached hydrogen (secondary N) is 1. The van der Waals surface area contributed by atoms with Crippen LogP contribution in [-0.2, 0) is 14.3 Å². The van der Waals surface area contributed by atoms with Gasteiger partial charge in [-0.05, 0) is 38.5 Å². The first-order valence-electron chi connectivity index (χ1n) is 10.7. The first kappa shape index (κ1) is 24.1. The van der Waals surface area contributed by atoms with Gasteiger partial charge in [0.2, 0.25) is 0 Å². The molecule has 1 aromatic carbocycles. The number of ether oxygens (including phenoxy) is 2. The molecule has 2 saturated heterocycles. The third-order valence-corrected chi connectivity index (χ3v) is 5.52. The summed E-state index contributed by atoms with van der Waals surface area (Å²) in [6, 6.07) is 5.89. The van der Waals surface area contributed by atoms with E-state index < -0.39 is 29.8 Å². The van der Waals surface area contributed by atoms with Crippen molar-refractivity contribution in [1.29, 1.82) is 0 Å². The first-order chi connectivity index (χ1) is 15.5. The van der Waals surface area contributed by atoms with Crippen molar-refractivity contribution in [3.63, 3.8) is 0 Å². The monoisotopic (exact) mass is 462 g/mol. The lowest BCUT2D eigenvalue weighted by Crippen LogP contribution is -2.53. The second-order valence-corrected chi connectivity index (χ2v) is 9.04.